The van der Waals surface area contributed by atoms with Crippen molar-refractivity contribution in [3.63, 3.8) is 0 Å². The van der Waals surface area contributed by atoms with Gasteiger partial charge >= 0.3 is 0 Å². The van der Waals surface area contributed by atoms with Crippen LogP contribution in [0.15, 0.2) is 60.7 Å². The number of carboxylic acid groups (broad SMARTS) is 1. The van der Waals surface area contributed by atoms with Gasteiger partial charge in [-0.1, -0.05) is 48.5 Å². The molecule has 0 spiro atoms. The number of ether oxygens (including phenoxy) is 2. The highest BCUT2D eigenvalue weighted by Gasteiger charge is 2.18. The molecular formula is C20H17O4-. The van der Waals surface area contributed by atoms with Crippen LogP contribution in [-0.4, -0.2) is 20.2 Å². The molecule has 0 amide bonds. The molecule has 1 unspecified atom stereocenters. The molecule has 0 aliphatic carbocycles. The monoisotopic (exact) mass is 321 g/mol. The molecule has 3 aromatic rings. The molecule has 0 heterocycles. The van der Waals surface area contributed by atoms with Crippen LogP contribution in [0, 0.1) is 0 Å². The van der Waals surface area contributed by atoms with Gasteiger partial charge in [-0.15, -0.1) is 0 Å². The van der Waals surface area contributed by atoms with Crippen LogP contribution in [0.4, 0.5) is 0 Å². The van der Waals surface area contributed by atoms with Gasteiger partial charge in [0.15, 0.2) is 11.5 Å². The zero-order valence-electron chi connectivity index (χ0n) is 13.5. The van der Waals surface area contributed by atoms with Gasteiger partial charge in [0.1, 0.15) is 0 Å². The van der Waals surface area contributed by atoms with Crippen molar-refractivity contribution in [1.29, 1.82) is 0 Å². The van der Waals surface area contributed by atoms with Crippen LogP contribution in [0.3, 0.4) is 0 Å². The third-order valence-corrected chi connectivity index (χ3v) is 4.08. The van der Waals surface area contributed by atoms with E-state index in [1.54, 1.807) is 18.2 Å². The van der Waals surface area contributed by atoms with Crippen LogP contribution >= 0.6 is 0 Å². The molecule has 24 heavy (non-hydrogen) atoms. The molecule has 0 N–H and O–H groups in total. The van der Waals surface area contributed by atoms with Crippen LogP contribution in [0.2, 0.25) is 0 Å². The van der Waals surface area contributed by atoms with Crippen molar-refractivity contribution in [3.8, 4) is 11.5 Å². The molecule has 0 saturated heterocycles. The molecule has 0 saturated carbocycles. The third-order valence-electron chi connectivity index (χ3n) is 4.08. The molecule has 0 aliphatic rings. The molecule has 3 aromatic carbocycles. The SMILES string of the molecule is COc1ccc(C(C(=O)[O-])c2ccc3ccccc3c2)cc1OC. The number of hydrogen-bond donors (Lipinski definition) is 0. The van der Waals surface area contributed by atoms with Crippen molar-refractivity contribution >= 4 is 16.7 Å². The minimum Gasteiger partial charge on any atom is -0.549 e. The van der Waals surface area contributed by atoms with Crippen molar-refractivity contribution in [1.82, 2.24) is 0 Å². The largest absolute Gasteiger partial charge is 0.549 e. The van der Waals surface area contributed by atoms with E-state index in [2.05, 4.69) is 0 Å². The highest BCUT2D eigenvalue weighted by molar-refractivity contribution is 5.86. The number of benzene rings is 3. The zero-order valence-corrected chi connectivity index (χ0v) is 13.5. The van der Waals surface area contributed by atoms with Crippen molar-refractivity contribution in [2.24, 2.45) is 0 Å². The predicted molar refractivity (Wildman–Crippen MR) is 90.3 cm³/mol. The maximum Gasteiger partial charge on any atom is 0.161 e. The Bertz CT molecular complexity index is 886. The van der Waals surface area contributed by atoms with E-state index in [4.69, 9.17) is 9.47 Å². The Hall–Kier alpha value is -3.01. The Morgan fingerprint density at radius 3 is 2.12 bits per heavy atom. The van der Waals surface area contributed by atoms with Crippen LogP contribution in [-0.2, 0) is 4.79 Å². The number of rotatable bonds is 5. The fourth-order valence-electron chi connectivity index (χ4n) is 2.88. The van der Waals surface area contributed by atoms with Crippen LogP contribution in [0.1, 0.15) is 17.0 Å². The topological polar surface area (TPSA) is 58.6 Å². The molecule has 0 aromatic heterocycles. The van der Waals surface area contributed by atoms with E-state index in [0.29, 0.717) is 22.6 Å². The summed E-state index contributed by atoms with van der Waals surface area (Å²) in [6.45, 7) is 0. The summed E-state index contributed by atoms with van der Waals surface area (Å²) in [7, 11) is 3.06. The van der Waals surface area contributed by atoms with Gasteiger partial charge in [0, 0.05) is 5.92 Å². The summed E-state index contributed by atoms with van der Waals surface area (Å²) >= 11 is 0. The Kier molecular flexibility index (Phi) is 4.38. The van der Waals surface area contributed by atoms with Gasteiger partial charge in [-0.2, -0.15) is 0 Å². The lowest BCUT2D eigenvalue weighted by Crippen LogP contribution is -2.30. The quantitative estimate of drug-likeness (QED) is 0.725. The molecule has 0 fully saturated rings. The number of hydrogen-bond acceptors (Lipinski definition) is 4. The first-order chi connectivity index (χ1) is 11.6. The van der Waals surface area contributed by atoms with Crippen LogP contribution < -0.4 is 14.6 Å². The van der Waals surface area contributed by atoms with E-state index in [0.717, 1.165) is 10.8 Å². The number of carbonyl (C=O) groups is 1. The Morgan fingerprint density at radius 1 is 0.833 bits per heavy atom. The number of aliphatic carboxylic acids is 1. The zero-order chi connectivity index (χ0) is 17.1. The minimum absolute atomic E-state index is 0.488. The normalized spacial score (nSPS) is 11.9. The highest BCUT2D eigenvalue weighted by atomic mass is 16.5. The Balaban J connectivity index is 2.10. The number of carbonyl (C=O) groups excluding carboxylic acids is 1. The summed E-state index contributed by atoms with van der Waals surface area (Å²) in [6, 6.07) is 18.5. The lowest BCUT2D eigenvalue weighted by molar-refractivity contribution is -0.306. The van der Waals surface area contributed by atoms with E-state index in [-0.39, 0.29) is 0 Å². The molecule has 4 heteroatoms. The van der Waals surface area contributed by atoms with E-state index in [9.17, 15) is 9.90 Å². The third kappa shape index (κ3) is 2.91. The van der Waals surface area contributed by atoms with Gasteiger partial charge in [0.25, 0.3) is 0 Å². The lowest BCUT2D eigenvalue weighted by atomic mass is 9.90. The summed E-state index contributed by atoms with van der Waals surface area (Å²) in [6.07, 6.45) is 0. The highest BCUT2D eigenvalue weighted by Crippen LogP contribution is 2.34. The van der Waals surface area contributed by atoms with E-state index >= 15 is 0 Å². The maximum absolute atomic E-state index is 11.8. The van der Waals surface area contributed by atoms with Gasteiger partial charge in [-0.05, 0) is 34.0 Å². The van der Waals surface area contributed by atoms with Crippen molar-refractivity contribution in [2.75, 3.05) is 14.2 Å². The van der Waals surface area contributed by atoms with E-state index in [1.807, 2.05) is 42.5 Å². The molecule has 0 bridgehead atoms. The maximum atomic E-state index is 11.8. The van der Waals surface area contributed by atoms with Crippen molar-refractivity contribution in [3.05, 3.63) is 71.8 Å². The Labute approximate surface area is 140 Å². The van der Waals surface area contributed by atoms with Gasteiger partial charge in [-0.25, -0.2) is 0 Å². The summed E-state index contributed by atoms with van der Waals surface area (Å²) in [4.78, 5) is 11.8. The molecule has 4 nitrogen and oxygen atoms in total. The second-order valence-electron chi connectivity index (χ2n) is 5.47. The fourth-order valence-corrected chi connectivity index (χ4v) is 2.88. The molecule has 1 atom stereocenters. The summed E-state index contributed by atoms with van der Waals surface area (Å²) < 4.78 is 10.5. The summed E-state index contributed by atoms with van der Waals surface area (Å²) in [5, 5.41) is 13.9. The first-order valence-electron chi connectivity index (χ1n) is 7.55. The lowest BCUT2D eigenvalue weighted by Gasteiger charge is -2.21. The minimum atomic E-state index is -1.16. The van der Waals surface area contributed by atoms with Crippen molar-refractivity contribution in [2.45, 2.75) is 5.92 Å². The number of fused-ring (bicyclic) bond motifs is 1. The molecule has 122 valence electrons. The number of methoxy groups -OCH3 is 2. The second kappa shape index (κ2) is 6.62. The average molecular weight is 321 g/mol. The summed E-state index contributed by atoms with van der Waals surface area (Å²) in [5.41, 5.74) is 1.25. The van der Waals surface area contributed by atoms with Crippen molar-refractivity contribution < 1.29 is 19.4 Å². The fraction of sp³-hybridized carbons (Fsp3) is 0.150. The van der Waals surface area contributed by atoms with Crippen LogP contribution in [0.5, 0.6) is 11.5 Å². The average Bonchev–Trinajstić information content (AvgIpc) is 2.61. The molecular weight excluding hydrogens is 304 g/mol. The molecule has 3 rings (SSSR count). The van der Waals surface area contributed by atoms with Gasteiger partial charge in [-0.3, -0.25) is 0 Å². The first-order valence-corrected chi connectivity index (χ1v) is 7.55. The molecule has 0 aliphatic heterocycles. The van der Waals surface area contributed by atoms with Gasteiger partial charge < -0.3 is 19.4 Å². The molecule has 0 radical (unpaired) electrons. The van der Waals surface area contributed by atoms with E-state index < -0.39 is 11.9 Å². The van der Waals surface area contributed by atoms with Crippen LogP contribution in [0.25, 0.3) is 10.8 Å². The summed E-state index contributed by atoms with van der Waals surface area (Å²) in [5.74, 6) is -0.995. The number of carboxylic acids is 1. The standard InChI is InChI=1S/C20H18O4/c1-23-17-10-9-16(12-18(17)24-2)19(20(21)22)15-8-7-13-5-3-4-6-14(13)11-15/h3-12,19H,1-2H3,(H,21,22)/p-1. The second-order valence-corrected chi connectivity index (χ2v) is 5.47. The first kappa shape index (κ1) is 15.9. The van der Waals surface area contributed by atoms with Gasteiger partial charge in [0.2, 0.25) is 0 Å². The predicted octanol–water partition coefficient (Wildman–Crippen LogP) is 2.74. The smallest absolute Gasteiger partial charge is 0.161 e. The Morgan fingerprint density at radius 2 is 1.46 bits per heavy atom. The van der Waals surface area contributed by atoms with E-state index in [1.165, 1.54) is 14.2 Å². The van der Waals surface area contributed by atoms with Gasteiger partial charge in [0.05, 0.1) is 20.2 Å².